The molecule has 0 saturated heterocycles. The number of aliphatic hydroxyl groups is 1. The van der Waals surface area contributed by atoms with Gasteiger partial charge in [0.1, 0.15) is 12.4 Å². The van der Waals surface area contributed by atoms with E-state index in [-0.39, 0.29) is 30.1 Å². The normalized spacial score (nSPS) is 11.4. The van der Waals surface area contributed by atoms with Gasteiger partial charge in [0, 0.05) is 5.41 Å². The predicted molar refractivity (Wildman–Crippen MR) is 80.9 cm³/mol. The Bertz CT molecular complexity index is 603. The lowest BCUT2D eigenvalue weighted by Gasteiger charge is -2.26. The van der Waals surface area contributed by atoms with Gasteiger partial charge in [-0.05, 0) is 35.4 Å². The van der Waals surface area contributed by atoms with Gasteiger partial charge in [-0.2, -0.15) is 0 Å². The SMILES string of the molecule is CC(C)(c1ccc(O)cc1)c1ccc(O)c(OCCO)c1. The molecule has 0 aromatic heterocycles. The van der Waals surface area contributed by atoms with Crippen LogP contribution in [-0.2, 0) is 5.41 Å². The van der Waals surface area contributed by atoms with Crippen LogP contribution in [0.15, 0.2) is 42.5 Å². The maximum Gasteiger partial charge on any atom is 0.161 e. The van der Waals surface area contributed by atoms with Crippen LogP contribution in [0.2, 0.25) is 0 Å². The topological polar surface area (TPSA) is 69.9 Å². The highest BCUT2D eigenvalue weighted by atomic mass is 16.5. The summed E-state index contributed by atoms with van der Waals surface area (Å²) in [6, 6.07) is 12.3. The lowest BCUT2D eigenvalue weighted by atomic mass is 9.78. The Hall–Kier alpha value is -2.20. The summed E-state index contributed by atoms with van der Waals surface area (Å²) in [5, 5.41) is 28.0. The highest BCUT2D eigenvalue weighted by molar-refractivity contribution is 5.47. The Morgan fingerprint density at radius 3 is 2.19 bits per heavy atom. The Balaban J connectivity index is 2.37. The molecule has 112 valence electrons. The number of benzene rings is 2. The number of aliphatic hydroxyl groups excluding tert-OH is 1. The quantitative estimate of drug-likeness (QED) is 0.791. The number of hydrogen-bond acceptors (Lipinski definition) is 4. The standard InChI is InChI=1S/C17H20O4/c1-17(2,12-3-6-14(19)7-4-12)13-5-8-15(20)16(11-13)21-10-9-18/h3-8,11,18-20H,9-10H2,1-2H3. The Kier molecular flexibility index (Phi) is 4.38. The molecule has 3 N–H and O–H groups in total. The average Bonchev–Trinajstić information content (AvgIpc) is 2.46. The third kappa shape index (κ3) is 3.28. The number of phenolic OH excluding ortho intramolecular Hbond substituents is 2. The van der Waals surface area contributed by atoms with Crippen LogP contribution in [0.25, 0.3) is 0 Å². The van der Waals surface area contributed by atoms with Crippen LogP contribution in [0.3, 0.4) is 0 Å². The Morgan fingerprint density at radius 2 is 1.57 bits per heavy atom. The summed E-state index contributed by atoms with van der Waals surface area (Å²) in [5.41, 5.74) is 1.71. The van der Waals surface area contributed by atoms with E-state index >= 15 is 0 Å². The molecule has 2 aromatic carbocycles. The average molecular weight is 288 g/mol. The van der Waals surface area contributed by atoms with Gasteiger partial charge in [0.25, 0.3) is 0 Å². The van der Waals surface area contributed by atoms with E-state index < -0.39 is 0 Å². The van der Waals surface area contributed by atoms with E-state index in [0.29, 0.717) is 5.75 Å². The van der Waals surface area contributed by atoms with Crippen molar-refractivity contribution in [2.45, 2.75) is 19.3 Å². The molecule has 4 nitrogen and oxygen atoms in total. The molecule has 0 amide bonds. The van der Waals surface area contributed by atoms with E-state index in [0.717, 1.165) is 11.1 Å². The van der Waals surface area contributed by atoms with Gasteiger partial charge in [-0.1, -0.05) is 32.0 Å². The molecule has 2 rings (SSSR count). The molecule has 2 aromatic rings. The van der Waals surface area contributed by atoms with Crippen molar-refractivity contribution in [1.82, 2.24) is 0 Å². The van der Waals surface area contributed by atoms with Crippen molar-refractivity contribution in [3.63, 3.8) is 0 Å². The van der Waals surface area contributed by atoms with Crippen molar-refractivity contribution in [3.05, 3.63) is 53.6 Å². The second-order valence-corrected chi connectivity index (χ2v) is 5.43. The molecule has 0 aliphatic heterocycles. The van der Waals surface area contributed by atoms with E-state index in [2.05, 4.69) is 13.8 Å². The first-order chi connectivity index (χ1) is 9.95. The number of aromatic hydroxyl groups is 2. The lowest BCUT2D eigenvalue weighted by molar-refractivity contribution is 0.197. The smallest absolute Gasteiger partial charge is 0.161 e. The molecule has 0 radical (unpaired) electrons. The first-order valence-corrected chi connectivity index (χ1v) is 6.82. The predicted octanol–water partition coefficient (Wildman–Crippen LogP) is 2.79. The summed E-state index contributed by atoms with van der Waals surface area (Å²) in [5.74, 6) is 0.634. The van der Waals surface area contributed by atoms with E-state index in [1.807, 2.05) is 18.2 Å². The van der Waals surface area contributed by atoms with E-state index in [4.69, 9.17) is 9.84 Å². The van der Waals surface area contributed by atoms with E-state index in [1.54, 1.807) is 24.3 Å². The van der Waals surface area contributed by atoms with Gasteiger partial charge in [0.05, 0.1) is 6.61 Å². The van der Waals surface area contributed by atoms with Crippen LogP contribution in [0.1, 0.15) is 25.0 Å². The van der Waals surface area contributed by atoms with Crippen LogP contribution in [0.4, 0.5) is 0 Å². The van der Waals surface area contributed by atoms with Crippen LogP contribution in [0, 0.1) is 0 Å². The van der Waals surface area contributed by atoms with E-state index in [1.165, 1.54) is 0 Å². The summed E-state index contributed by atoms with van der Waals surface area (Å²) in [7, 11) is 0. The Morgan fingerprint density at radius 1 is 0.952 bits per heavy atom. The molecule has 0 spiro atoms. The molecule has 0 aliphatic carbocycles. The molecule has 0 saturated carbocycles. The van der Waals surface area contributed by atoms with Gasteiger partial charge in [-0.25, -0.2) is 0 Å². The minimum Gasteiger partial charge on any atom is -0.508 e. The second kappa shape index (κ2) is 6.06. The van der Waals surface area contributed by atoms with Crippen molar-refractivity contribution in [2.75, 3.05) is 13.2 Å². The molecular weight excluding hydrogens is 268 g/mol. The lowest BCUT2D eigenvalue weighted by Crippen LogP contribution is -2.19. The first-order valence-electron chi connectivity index (χ1n) is 6.82. The minimum absolute atomic E-state index is 0.0497. The monoisotopic (exact) mass is 288 g/mol. The summed E-state index contributed by atoms with van der Waals surface area (Å²) >= 11 is 0. The third-order valence-electron chi connectivity index (χ3n) is 3.62. The summed E-state index contributed by atoms with van der Waals surface area (Å²) < 4.78 is 5.34. The Labute approximate surface area is 124 Å². The first kappa shape index (κ1) is 15.2. The molecule has 0 fully saturated rings. The molecule has 21 heavy (non-hydrogen) atoms. The van der Waals surface area contributed by atoms with Gasteiger partial charge in [0.15, 0.2) is 11.5 Å². The molecule has 0 atom stereocenters. The highest BCUT2D eigenvalue weighted by Gasteiger charge is 2.24. The zero-order chi connectivity index (χ0) is 15.5. The van der Waals surface area contributed by atoms with Crippen LogP contribution >= 0.6 is 0 Å². The fourth-order valence-corrected chi connectivity index (χ4v) is 2.22. The third-order valence-corrected chi connectivity index (χ3v) is 3.62. The molecule has 4 heteroatoms. The molecule has 0 heterocycles. The summed E-state index contributed by atoms with van der Waals surface area (Å²) in [6.45, 7) is 4.14. The van der Waals surface area contributed by atoms with Gasteiger partial charge in [-0.15, -0.1) is 0 Å². The van der Waals surface area contributed by atoms with Gasteiger partial charge < -0.3 is 20.1 Å². The zero-order valence-electron chi connectivity index (χ0n) is 12.2. The highest BCUT2D eigenvalue weighted by Crippen LogP contribution is 2.37. The molecular formula is C17H20O4. The summed E-state index contributed by atoms with van der Waals surface area (Å²) in [4.78, 5) is 0. The van der Waals surface area contributed by atoms with Crippen molar-refractivity contribution < 1.29 is 20.1 Å². The number of rotatable bonds is 5. The fourth-order valence-electron chi connectivity index (χ4n) is 2.22. The van der Waals surface area contributed by atoms with Gasteiger partial charge in [-0.3, -0.25) is 0 Å². The molecule has 0 aliphatic rings. The summed E-state index contributed by atoms with van der Waals surface area (Å²) in [6.07, 6.45) is 0. The van der Waals surface area contributed by atoms with E-state index in [9.17, 15) is 10.2 Å². The van der Waals surface area contributed by atoms with Crippen molar-refractivity contribution in [3.8, 4) is 17.2 Å². The van der Waals surface area contributed by atoms with Crippen molar-refractivity contribution >= 4 is 0 Å². The maximum absolute atomic E-state index is 9.79. The zero-order valence-corrected chi connectivity index (χ0v) is 12.2. The van der Waals surface area contributed by atoms with Crippen molar-refractivity contribution in [2.24, 2.45) is 0 Å². The number of ether oxygens (including phenoxy) is 1. The van der Waals surface area contributed by atoms with Crippen LogP contribution in [0.5, 0.6) is 17.2 Å². The van der Waals surface area contributed by atoms with Crippen LogP contribution < -0.4 is 4.74 Å². The number of hydrogen-bond donors (Lipinski definition) is 3. The second-order valence-electron chi connectivity index (χ2n) is 5.43. The fraction of sp³-hybridized carbons (Fsp3) is 0.294. The molecule has 0 bridgehead atoms. The minimum atomic E-state index is -0.307. The van der Waals surface area contributed by atoms with Crippen LogP contribution in [-0.4, -0.2) is 28.5 Å². The van der Waals surface area contributed by atoms with Crippen molar-refractivity contribution in [1.29, 1.82) is 0 Å². The maximum atomic E-state index is 9.79. The molecule has 0 unspecified atom stereocenters. The van der Waals surface area contributed by atoms with Gasteiger partial charge >= 0.3 is 0 Å². The number of phenols is 2. The van der Waals surface area contributed by atoms with Gasteiger partial charge in [0.2, 0.25) is 0 Å². The largest absolute Gasteiger partial charge is 0.508 e.